The number of ether oxygens (including phenoxy) is 3. The smallest absolute Gasteiger partial charge is 0.336 e. The van der Waals surface area contributed by atoms with E-state index in [-0.39, 0.29) is 30.0 Å². The van der Waals surface area contributed by atoms with Gasteiger partial charge in [0.1, 0.15) is 5.75 Å². The maximum absolute atomic E-state index is 13.7. The van der Waals surface area contributed by atoms with Gasteiger partial charge in [0, 0.05) is 29.3 Å². The molecular formula is C29H33NO6. The van der Waals surface area contributed by atoms with E-state index < -0.39 is 11.9 Å². The van der Waals surface area contributed by atoms with Crippen molar-refractivity contribution in [3.05, 3.63) is 76.1 Å². The Bertz CT molecular complexity index is 1240. The SMILES string of the molecule is COc1ccc(C2CC(=O)C3=C(C2)NC(C)=C(C(=O)OCC(C)C)C3c2cccc(O)c2)cc1OC. The number of methoxy groups -OCH3 is 2. The first-order valence-corrected chi connectivity index (χ1v) is 12.2. The molecule has 36 heavy (non-hydrogen) atoms. The summed E-state index contributed by atoms with van der Waals surface area (Å²) in [5.74, 6) is 0.324. The minimum atomic E-state index is -0.619. The first-order chi connectivity index (χ1) is 17.2. The Morgan fingerprint density at radius 3 is 2.47 bits per heavy atom. The molecule has 0 aromatic heterocycles. The van der Waals surface area contributed by atoms with E-state index in [9.17, 15) is 14.7 Å². The van der Waals surface area contributed by atoms with Crippen molar-refractivity contribution in [3.63, 3.8) is 0 Å². The number of carbonyl (C=O) groups excluding carboxylic acids is 2. The molecule has 2 N–H and O–H groups in total. The van der Waals surface area contributed by atoms with E-state index in [1.807, 2.05) is 45.0 Å². The number of aromatic hydroxyl groups is 1. The van der Waals surface area contributed by atoms with Crippen LogP contribution < -0.4 is 14.8 Å². The van der Waals surface area contributed by atoms with Crippen LogP contribution in [0.5, 0.6) is 17.2 Å². The van der Waals surface area contributed by atoms with E-state index in [0.29, 0.717) is 46.7 Å². The number of rotatable bonds is 7. The molecule has 2 aromatic rings. The average molecular weight is 492 g/mol. The van der Waals surface area contributed by atoms with Crippen LogP contribution in [0.4, 0.5) is 0 Å². The largest absolute Gasteiger partial charge is 0.508 e. The number of phenols is 1. The number of benzene rings is 2. The van der Waals surface area contributed by atoms with E-state index in [1.165, 1.54) is 0 Å². The normalized spacial score (nSPS) is 19.7. The lowest BCUT2D eigenvalue weighted by Gasteiger charge is -2.37. The fraction of sp³-hybridized carbons (Fsp3) is 0.379. The van der Waals surface area contributed by atoms with Gasteiger partial charge in [-0.3, -0.25) is 4.79 Å². The molecule has 190 valence electrons. The summed E-state index contributed by atoms with van der Waals surface area (Å²) in [7, 11) is 3.18. The number of allylic oxidation sites excluding steroid dienone is 3. The molecule has 7 heteroatoms. The quantitative estimate of drug-likeness (QED) is 0.528. The Hall–Kier alpha value is -3.74. The molecule has 4 rings (SSSR count). The summed E-state index contributed by atoms with van der Waals surface area (Å²) in [5.41, 5.74) is 4.05. The van der Waals surface area contributed by atoms with Crippen molar-refractivity contribution in [2.45, 2.75) is 45.4 Å². The third kappa shape index (κ3) is 4.96. The third-order valence-corrected chi connectivity index (χ3v) is 6.68. The number of phenolic OH excluding ortho intramolecular Hbond substituents is 1. The zero-order valence-electron chi connectivity index (χ0n) is 21.4. The van der Waals surface area contributed by atoms with E-state index in [0.717, 1.165) is 11.3 Å². The van der Waals surface area contributed by atoms with E-state index in [2.05, 4.69) is 5.32 Å². The molecule has 1 aliphatic carbocycles. The van der Waals surface area contributed by atoms with Crippen LogP contribution in [0.2, 0.25) is 0 Å². The topological polar surface area (TPSA) is 94.1 Å². The van der Waals surface area contributed by atoms with Crippen LogP contribution in [0.3, 0.4) is 0 Å². The van der Waals surface area contributed by atoms with Gasteiger partial charge in [0.15, 0.2) is 17.3 Å². The fourth-order valence-electron chi connectivity index (χ4n) is 5.01. The van der Waals surface area contributed by atoms with Crippen molar-refractivity contribution in [1.82, 2.24) is 5.32 Å². The second kappa shape index (κ2) is 10.5. The molecule has 0 radical (unpaired) electrons. The Kier molecular flexibility index (Phi) is 7.38. The van der Waals surface area contributed by atoms with Gasteiger partial charge in [-0.25, -0.2) is 4.79 Å². The number of carbonyl (C=O) groups is 2. The first kappa shape index (κ1) is 25.4. The Morgan fingerprint density at radius 2 is 1.81 bits per heavy atom. The summed E-state index contributed by atoms with van der Waals surface area (Å²) < 4.78 is 16.4. The summed E-state index contributed by atoms with van der Waals surface area (Å²) >= 11 is 0. The second-order valence-corrected chi connectivity index (χ2v) is 9.72. The minimum Gasteiger partial charge on any atom is -0.508 e. The molecule has 7 nitrogen and oxygen atoms in total. The van der Waals surface area contributed by atoms with Gasteiger partial charge < -0.3 is 24.6 Å². The molecule has 0 spiro atoms. The van der Waals surface area contributed by atoms with Crippen molar-refractivity contribution < 1.29 is 28.9 Å². The van der Waals surface area contributed by atoms with Gasteiger partial charge in [0.05, 0.1) is 26.4 Å². The van der Waals surface area contributed by atoms with Gasteiger partial charge in [-0.15, -0.1) is 0 Å². The highest BCUT2D eigenvalue weighted by atomic mass is 16.5. The Balaban J connectivity index is 1.75. The highest BCUT2D eigenvalue weighted by molar-refractivity contribution is 6.04. The van der Waals surface area contributed by atoms with E-state index in [4.69, 9.17) is 14.2 Å². The van der Waals surface area contributed by atoms with Crippen LogP contribution in [0, 0.1) is 5.92 Å². The van der Waals surface area contributed by atoms with Crippen molar-refractivity contribution in [2.24, 2.45) is 5.92 Å². The Morgan fingerprint density at radius 1 is 1.06 bits per heavy atom. The zero-order valence-corrected chi connectivity index (χ0v) is 21.4. The molecule has 2 aromatic carbocycles. The van der Waals surface area contributed by atoms with Gasteiger partial charge in [0.2, 0.25) is 0 Å². The van der Waals surface area contributed by atoms with E-state index in [1.54, 1.807) is 32.4 Å². The second-order valence-electron chi connectivity index (χ2n) is 9.72. The average Bonchev–Trinajstić information content (AvgIpc) is 2.85. The molecule has 2 aliphatic rings. The first-order valence-electron chi connectivity index (χ1n) is 12.2. The number of hydrogen-bond acceptors (Lipinski definition) is 7. The van der Waals surface area contributed by atoms with Gasteiger partial charge in [-0.1, -0.05) is 32.0 Å². The van der Waals surface area contributed by atoms with Crippen LogP contribution in [0.15, 0.2) is 65.0 Å². The standard InChI is InChI=1S/C29H33NO6/c1-16(2)15-36-29(33)26-17(3)30-22-12-20(18-9-10-24(34-4)25(14-18)35-5)13-23(32)28(22)27(26)19-7-6-8-21(31)11-19/h6-11,14,16,20,27,30-31H,12-13,15H2,1-5H3. The van der Waals surface area contributed by atoms with Crippen LogP contribution >= 0.6 is 0 Å². The molecule has 1 heterocycles. The molecule has 0 fully saturated rings. The number of nitrogens with one attached hydrogen (secondary N) is 1. The summed E-state index contributed by atoms with van der Waals surface area (Å²) in [6.45, 7) is 6.06. The van der Waals surface area contributed by atoms with Gasteiger partial charge in [0.25, 0.3) is 0 Å². The zero-order chi connectivity index (χ0) is 26.0. The number of hydrogen-bond donors (Lipinski definition) is 2. The van der Waals surface area contributed by atoms with Crippen LogP contribution in [0.25, 0.3) is 0 Å². The molecule has 0 saturated carbocycles. The van der Waals surface area contributed by atoms with Gasteiger partial charge in [-0.2, -0.15) is 0 Å². The fourth-order valence-corrected chi connectivity index (χ4v) is 5.01. The number of Topliss-reactive ketones (excluding diaryl/α,β-unsaturated/α-hetero) is 1. The van der Waals surface area contributed by atoms with Crippen molar-refractivity contribution >= 4 is 11.8 Å². The van der Waals surface area contributed by atoms with Crippen LogP contribution in [0.1, 0.15) is 56.6 Å². The predicted molar refractivity (Wildman–Crippen MR) is 136 cm³/mol. The van der Waals surface area contributed by atoms with Crippen LogP contribution in [-0.4, -0.2) is 37.7 Å². The summed E-state index contributed by atoms with van der Waals surface area (Å²) in [4.78, 5) is 26.9. The highest BCUT2D eigenvalue weighted by Crippen LogP contribution is 2.46. The molecule has 0 bridgehead atoms. The lowest BCUT2D eigenvalue weighted by Crippen LogP contribution is -2.36. The highest BCUT2D eigenvalue weighted by Gasteiger charge is 2.41. The Labute approximate surface area is 211 Å². The molecule has 0 amide bonds. The number of dihydropyridines is 1. The molecule has 0 saturated heterocycles. The summed E-state index contributed by atoms with van der Waals surface area (Å²) in [6, 6.07) is 12.4. The minimum absolute atomic E-state index is 0.0430. The monoisotopic (exact) mass is 491 g/mol. The van der Waals surface area contributed by atoms with Gasteiger partial charge >= 0.3 is 5.97 Å². The van der Waals surface area contributed by atoms with Crippen molar-refractivity contribution in [3.8, 4) is 17.2 Å². The maximum Gasteiger partial charge on any atom is 0.336 e. The molecule has 2 unspecified atom stereocenters. The molecule has 1 aliphatic heterocycles. The lowest BCUT2D eigenvalue weighted by molar-refractivity contribution is -0.140. The number of esters is 1. The molecule has 2 atom stereocenters. The summed E-state index contributed by atoms with van der Waals surface area (Å²) in [6.07, 6.45) is 0.885. The van der Waals surface area contributed by atoms with E-state index >= 15 is 0 Å². The predicted octanol–water partition coefficient (Wildman–Crippen LogP) is 4.97. The van der Waals surface area contributed by atoms with Gasteiger partial charge in [-0.05, 0) is 60.6 Å². The van der Waals surface area contributed by atoms with Crippen LogP contribution in [-0.2, 0) is 14.3 Å². The van der Waals surface area contributed by atoms with Crippen molar-refractivity contribution in [2.75, 3.05) is 20.8 Å². The maximum atomic E-state index is 13.7. The molecular weight excluding hydrogens is 458 g/mol. The third-order valence-electron chi connectivity index (χ3n) is 6.68. The summed E-state index contributed by atoms with van der Waals surface area (Å²) in [5, 5.41) is 13.5. The van der Waals surface area contributed by atoms with Crippen molar-refractivity contribution in [1.29, 1.82) is 0 Å². The lowest BCUT2D eigenvalue weighted by atomic mass is 9.71. The number of ketones is 1.